The summed E-state index contributed by atoms with van der Waals surface area (Å²) >= 11 is 4.52. The predicted octanol–water partition coefficient (Wildman–Crippen LogP) is 15.4. The number of pyridine rings is 3. The number of Topliss-reactive ketones (excluding diaryl/α,β-unsaturated/α-hetero) is 3. The molecule has 412 valence electrons. The Balaban J connectivity index is 0.000000130. The second-order valence-electron chi connectivity index (χ2n) is 20.2. The first-order valence-electron chi connectivity index (χ1n) is 27.0. The number of benzene rings is 6. The van der Waals surface area contributed by atoms with E-state index in [0.717, 1.165) is 99.0 Å². The maximum absolute atomic E-state index is 12.9. The molecule has 0 saturated carbocycles. The number of aromatic nitrogens is 6. The lowest BCUT2D eigenvalue weighted by Gasteiger charge is -2.16. The van der Waals surface area contributed by atoms with Crippen molar-refractivity contribution < 1.29 is 23.5 Å². The number of carbonyl (C=O) groups is 3. The van der Waals surface area contributed by atoms with Gasteiger partial charge >= 0.3 is 0 Å². The van der Waals surface area contributed by atoms with Crippen LogP contribution in [-0.2, 0) is 32.1 Å². The van der Waals surface area contributed by atoms with Gasteiger partial charge in [-0.3, -0.25) is 34.3 Å². The van der Waals surface area contributed by atoms with E-state index in [2.05, 4.69) is 66.3 Å². The molecule has 0 bridgehead atoms. The number of carbonyl (C=O) groups excluding carboxylic acids is 3. The van der Waals surface area contributed by atoms with Crippen LogP contribution in [0.25, 0.3) is 63.6 Å². The fourth-order valence-electron chi connectivity index (χ4n) is 9.86. The van der Waals surface area contributed by atoms with Crippen molar-refractivity contribution in [2.24, 2.45) is 0 Å². The summed E-state index contributed by atoms with van der Waals surface area (Å²) in [6.45, 7) is 3.31. The predicted molar refractivity (Wildman–Crippen MR) is 333 cm³/mol. The minimum absolute atomic E-state index is 0.0666. The van der Waals surface area contributed by atoms with Crippen molar-refractivity contribution in [3.63, 3.8) is 0 Å². The highest BCUT2D eigenvalue weighted by Crippen LogP contribution is 2.33. The summed E-state index contributed by atoms with van der Waals surface area (Å²) in [7, 11) is 0. The van der Waals surface area contributed by atoms with Gasteiger partial charge in [-0.15, -0.1) is 11.3 Å². The Morgan fingerprint density at radius 3 is 1.39 bits per heavy atom. The van der Waals surface area contributed by atoms with Gasteiger partial charge in [-0.2, -0.15) is 0 Å². The summed E-state index contributed by atoms with van der Waals surface area (Å²) in [6.07, 6.45) is 15.0. The van der Waals surface area contributed by atoms with Crippen molar-refractivity contribution in [3.05, 3.63) is 233 Å². The number of hydrogen-bond donors (Lipinski definition) is 2. The largest absolute Gasteiger partial charge is 0.461 e. The highest BCUT2D eigenvalue weighted by atomic mass is 32.1. The van der Waals surface area contributed by atoms with E-state index in [-0.39, 0.29) is 30.2 Å². The second kappa shape index (κ2) is 25.3. The topological polar surface area (TPSA) is 190 Å². The minimum atomic E-state index is -1.40. The number of anilines is 2. The highest BCUT2D eigenvalue weighted by molar-refractivity contribution is 7.19. The molecule has 1 unspecified atom stereocenters. The van der Waals surface area contributed by atoms with Gasteiger partial charge in [0.2, 0.25) is 6.36 Å². The molecule has 0 radical (unpaired) electrons. The molecule has 0 amide bonds. The Morgan fingerprint density at radius 1 is 0.494 bits per heavy atom. The first-order chi connectivity index (χ1) is 40.3. The SMILES string of the molecule is CC(F)Oc1ccc(C(=O)Cc2cc3cc(-c4cnc(N)s4)ccc3cn2)cc1.Cc1ccc(C(=O)Cc2cc3cc(-c4cnc(N)s4)ccc3cn2)cc1.O=C(Cc1cc2cc(-c3cncs3)ccc2cn1)c1ccc2c(c1)CCCC2. The van der Waals surface area contributed by atoms with Crippen LogP contribution in [0, 0.1) is 6.92 Å². The summed E-state index contributed by atoms with van der Waals surface area (Å²) in [4.78, 5) is 66.8. The van der Waals surface area contributed by atoms with Crippen molar-refractivity contribution in [1.82, 2.24) is 29.9 Å². The van der Waals surface area contributed by atoms with Gasteiger partial charge in [0, 0.05) is 94.0 Å². The number of fused-ring (bicyclic) bond motifs is 4. The molecule has 12 nitrogen and oxygen atoms in total. The van der Waals surface area contributed by atoms with E-state index in [1.54, 1.807) is 54.2 Å². The fourth-order valence-corrected chi connectivity index (χ4v) is 11.8. The molecule has 0 aliphatic heterocycles. The summed E-state index contributed by atoms with van der Waals surface area (Å²) in [5.74, 6) is 0.529. The Morgan fingerprint density at radius 2 is 0.940 bits per heavy atom. The third-order valence-electron chi connectivity index (χ3n) is 14.2. The van der Waals surface area contributed by atoms with Crippen LogP contribution in [-0.4, -0.2) is 53.6 Å². The molecule has 0 fully saturated rings. The Labute approximate surface area is 490 Å². The number of nitrogens with zero attached hydrogens (tertiary/aromatic N) is 6. The summed E-state index contributed by atoms with van der Waals surface area (Å²) < 4.78 is 17.9. The number of ketones is 3. The lowest BCUT2D eigenvalue weighted by molar-refractivity contribution is 0.0859. The molecular weight excluding hydrogens is 1100 g/mol. The van der Waals surface area contributed by atoms with E-state index in [4.69, 9.17) is 16.2 Å². The zero-order chi connectivity index (χ0) is 57.4. The van der Waals surface area contributed by atoms with Gasteiger partial charge in [-0.05, 0) is 143 Å². The number of nitrogens with two attached hydrogens (primary N) is 2. The van der Waals surface area contributed by atoms with Crippen LogP contribution in [0.3, 0.4) is 0 Å². The van der Waals surface area contributed by atoms with E-state index in [1.165, 1.54) is 53.6 Å². The number of nitrogen functional groups attached to an aromatic ring is 2. The highest BCUT2D eigenvalue weighted by Gasteiger charge is 2.16. The van der Waals surface area contributed by atoms with Gasteiger partial charge in [0.25, 0.3) is 0 Å². The first kappa shape index (κ1) is 55.7. The van der Waals surface area contributed by atoms with Crippen molar-refractivity contribution >= 4 is 93.9 Å². The Bertz CT molecular complexity index is 4320. The number of thiazole rings is 3. The molecule has 6 aromatic heterocycles. The van der Waals surface area contributed by atoms with Crippen molar-refractivity contribution in [2.75, 3.05) is 11.5 Å². The Hall–Kier alpha value is -9.22. The molecule has 12 aromatic rings. The number of rotatable bonds is 14. The van der Waals surface area contributed by atoms with Gasteiger partial charge in [-0.25, -0.2) is 14.4 Å². The molecule has 13 rings (SSSR count). The van der Waals surface area contributed by atoms with Crippen LogP contribution in [0.2, 0.25) is 0 Å². The first-order valence-corrected chi connectivity index (χ1v) is 29.5. The molecule has 0 spiro atoms. The lowest BCUT2D eigenvalue weighted by atomic mass is 9.89. The number of hydrogen-bond acceptors (Lipinski definition) is 15. The van der Waals surface area contributed by atoms with E-state index < -0.39 is 6.36 Å². The van der Waals surface area contributed by atoms with Crippen LogP contribution >= 0.6 is 34.0 Å². The van der Waals surface area contributed by atoms with Gasteiger partial charge in [0.15, 0.2) is 27.6 Å². The zero-order valence-corrected chi connectivity index (χ0v) is 47.9. The molecule has 4 N–H and O–H groups in total. The van der Waals surface area contributed by atoms with Crippen molar-refractivity contribution in [1.29, 1.82) is 0 Å². The van der Waals surface area contributed by atoms with Crippen molar-refractivity contribution in [2.45, 2.75) is 65.2 Å². The summed E-state index contributed by atoms with van der Waals surface area (Å²) in [5.41, 5.74) is 24.7. The average Bonchev–Trinajstić information content (AvgIpc) is 4.46. The molecule has 1 aliphatic carbocycles. The zero-order valence-electron chi connectivity index (χ0n) is 45.4. The minimum Gasteiger partial charge on any atom is -0.461 e. The second-order valence-corrected chi connectivity index (χ2v) is 23.3. The normalized spacial score (nSPS) is 12.2. The maximum Gasteiger partial charge on any atom is 0.235 e. The molecule has 0 saturated heterocycles. The standard InChI is InChI=1S/C24H20N2OS.C22H18FN3O2S.C21H17N3OS/c27-23(18-6-5-16-3-1-2-4-17(16)9-18)12-22-11-21-10-19(24-14-25-15-28-24)7-8-20(21)13-26-22;1-13(23)28-19-6-4-14(5-7-19)20(27)10-18-9-17-8-15(2-3-16(17)11-25-18)21-12-26-22(24)29-21;1-13-2-4-14(5-3-13)19(25)10-18-9-17-8-15(6-7-16(17)11-23-18)20-12-24-21(22)26-20/h5-11,13-15H,1-4,12H2;2-9,11-13H,10H2,1H3,(H2,24,26);2-9,11-12H,10H2,1H3,(H2,22,24). The van der Waals surface area contributed by atoms with Gasteiger partial charge < -0.3 is 16.2 Å². The van der Waals surface area contributed by atoms with E-state index >= 15 is 0 Å². The van der Waals surface area contributed by atoms with E-state index in [0.29, 0.717) is 39.3 Å². The molecule has 1 atom stereocenters. The van der Waals surface area contributed by atoms with Crippen LogP contribution in [0.4, 0.5) is 14.7 Å². The molecule has 6 heterocycles. The lowest BCUT2D eigenvalue weighted by Crippen LogP contribution is -2.08. The quantitative estimate of drug-likeness (QED) is 0.0982. The van der Waals surface area contributed by atoms with Crippen LogP contribution in [0.15, 0.2) is 182 Å². The molecule has 6 aromatic carbocycles. The molecule has 83 heavy (non-hydrogen) atoms. The van der Waals surface area contributed by atoms with Crippen LogP contribution in [0.5, 0.6) is 5.75 Å². The molecular formula is C67H55FN8O4S3. The van der Waals surface area contributed by atoms with E-state index in [1.807, 2.05) is 110 Å². The number of aryl methyl sites for hydroxylation is 3. The smallest absolute Gasteiger partial charge is 0.235 e. The monoisotopic (exact) mass is 1150 g/mol. The Kier molecular flexibility index (Phi) is 17.0. The molecule has 1 aliphatic rings. The third-order valence-corrected chi connectivity index (χ3v) is 16.8. The van der Waals surface area contributed by atoms with Crippen LogP contribution in [0.1, 0.15) is 84.6 Å². The van der Waals surface area contributed by atoms with Gasteiger partial charge in [0.1, 0.15) is 5.75 Å². The summed E-state index contributed by atoms with van der Waals surface area (Å²) in [5, 5.41) is 7.34. The summed E-state index contributed by atoms with van der Waals surface area (Å²) in [6, 6.07) is 44.7. The van der Waals surface area contributed by atoms with E-state index in [9.17, 15) is 18.8 Å². The number of halogens is 1. The van der Waals surface area contributed by atoms with Crippen LogP contribution < -0.4 is 16.2 Å². The fraction of sp³-hybridized carbons (Fsp3) is 0.149. The van der Waals surface area contributed by atoms with Crippen molar-refractivity contribution in [3.8, 4) is 37.1 Å². The number of ether oxygens (including phenoxy) is 1. The molecule has 16 heteroatoms. The number of alkyl halides is 1. The van der Waals surface area contributed by atoms with Gasteiger partial charge in [0.05, 0.1) is 39.4 Å². The maximum atomic E-state index is 12.9. The average molecular weight is 1150 g/mol. The third kappa shape index (κ3) is 13.9. The van der Waals surface area contributed by atoms with Gasteiger partial charge in [-0.1, -0.05) is 101 Å².